The van der Waals surface area contributed by atoms with Crippen LogP contribution in [-0.2, 0) is 23.5 Å². The van der Waals surface area contributed by atoms with Gasteiger partial charge in [0.15, 0.2) is 8.32 Å². The maximum absolute atomic E-state index is 12.0. The van der Waals surface area contributed by atoms with Gasteiger partial charge in [-0.05, 0) is 30.6 Å². The summed E-state index contributed by atoms with van der Waals surface area (Å²) >= 11 is 0. The van der Waals surface area contributed by atoms with Crippen molar-refractivity contribution in [3.63, 3.8) is 0 Å². The van der Waals surface area contributed by atoms with Crippen LogP contribution in [0.15, 0.2) is 23.8 Å². The summed E-state index contributed by atoms with van der Waals surface area (Å²) in [4.78, 5) is 23.5. The number of unbranched alkanes of at least 4 members (excludes halogenated alkanes) is 4. The molecular weight excluding hydrogens is 372 g/mol. The molecule has 0 aromatic carbocycles. The lowest BCUT2D eigenvalue weighted by Crippen LogP contribution is -2.43. The molecule has 0 amide bonds. The van der Waals surface area contributed by atoms with Crippen LogP contribution in [0.5, 0.6) is 0 Å². The highest BCUT2D eigenvalue weighted by molar-refractivity contribution is 6.74. The number of ether oxygens (including phenoxy) is 2. The van der Waals surface area contributed by atoms with Gasteiger partial charge in [-0.15, -0.1) is 0 Å². The predicted octanol–water partition coefficient (Wildman–Crippen LogP) is 5.57. The third kappa shape index (κ3) is 10.2. The van der Waals surface area contributed by atoms with Crippen LogP contribution < -0.4 is 0 Å². The van der Waals surface area contributed by atoms with Gasteiger partial charge in [0.2, 0.25) is 0 Å². The molecule has 0 aromatic heterocycles. The number of esters is 2. The fourth-order valence-electron chi connectivity index (χ4n) is 2.39. The molecule has 0 saturated heterocycles. The van der Waals surface area contributed by atoms with Gasteiger partial charge in [0, 0.05) is 6.08 Å². The van der Waals surface area contributed by atoms with Crippen LogP contribution in [0.3, 0.4) is 0 Å². The van der Waals surface area contributed by atoms with Crippen molar-refractivity contribution in [2.45, 2.75) is 90.5 Å². The molecule has 6 heteroatoms. The summed E-state index contributed by atoms with van der Waals surface area (Å²) < 4.78 is 16.0. The summed E-state index contributed by atoms with van der Waals surface area (Å²) in [6.45, 7) is 13.3. The summed E-state index contributed by atoms with van der Waals surface area (Å²) in [5.41, 5.74) is 0.157. The van der Waals surface area contributed by atoms with E-state index in [0.717, 1.165) is 18.9 Å². The van der Waals surface area contributed by atoms with E-state index in [1.54, 1.807) is 6.08 Å². The minimum absolute atomic E-state index is 0.0916. The van der Waals surface area contributed by atoms with E-state index in [1.807, 2.05) is 6.08 Å². The number of hydrogen-bond acceptors (Lipinski definition) is 5. The fourth-order valence-corrected chi connectivity index (χ4v) is 3.70. The smallest absolute Gasteiger partial charge is 0.338 e. The Morgan fingerprint density at radius 3 is 2.11 bits per heavy atom. The first-order valence-electron chi connectivity index (χ1n) is 10.2. The average molecular weight is 413 g/mol. The minimum atomic E-state index is -1.97. The molecule has 1 atom stereocenters. The van der Waals surface area contributed by atoms with Crippen molar-refractivity contribution >= 4 is 20.3 Å². The van der Waals surface area contributed by atoms with Crippen LogP contribution in [0.4, 0.5) is 0 Å². The molecule has 162 valence electrons. The van der Waals surface area contributed by atoms with Crippen LogP contribution >= 0.6 is 0 Å². The largest absolute Gasteiger partial charge is 0.466 e. The maximum Gasteiger partial charge on any atom is 0.338 e. The van der Waals surface area contributed by atoms with Gasteiger partial charge in [0.1, 0.15) is 0 Å². The van der Waals surface area contributed by atoms with E-state index in [4.69, 9.17) is 9.16 Å². The van der Waals surface area contributed by atoms with Gasteiger partial charge < -0.3 is 13.9 Å². The van der Waals surface area contributed by atoms with Crippen LogP contribution in [-0.4, -0.2) is 40.6 Å². The highest BCUT2D eigenvalue weighted by Gasteiger charge is 2.38. The molecule has 0 aromatic rings. The van der Waals surface area contributed by atoms with Crippen molar-refractivity contribution in [2.75, 3.05) is 14.2 Å². The highest BCUT2D eigenvalue weighted by Crippen LogP contribution is 2.38. The SMILES string of the molecule is CCCCCCC[C@@H](C=CC(=CC(=O)OC)C(=O)OC)O[Si](C)(C)C(C)(C)C. The Balaban J connectivity index is 5.39. The number of methoxy groups -OCH3 is 2. The van der Waals surface area contributed by atoms with Crippen molar-refractivity contribution in [1.29, 1.82) is 0 Å². The van der Waals surface area contributed by atoms with Crippen molar-refractivity contribution < 1.29 is 23.5 Å². The number of carbonyl (C=O) groups excluding carboxylic acids is 2. The summed E-state index contributed by atoms with van der Waals surface area (Å²) in [6.07, 6.45) is 11.3. The second kappa shape index (κ2) is 12.9. The van der Waals surface area contributed by atoms with Crippen molar-refractivity contribution in [1.82, 2.24) is 0 Å². The van der Waals surface area contributed by atoms with Gasteiger partial charge >= 0.3 is 11.9 Å². The van der Waals surface area contributed by atoms with Crippen LogP contribution in [0, 0.1) is 0 Å². The Labute approximate surface area is 172 Å². The highest BCUT2D eigenvalue weighted by atomic mass is 28.4. The number of rotatable bonds is 12. The first-order chi connectivity index (χ1) is 13.0. The molecule has 5 nitrogen and oxygen atoms in total. The number of carbonyl (C=O) groups is 2. The zero-order chi connectivity index (χ0) is 21.8. The van der Waals surface area contributed by atoms with Gasteiger partial charge in [0.05, 0.1) is 25.9 Å². The van der Waals surface area contributed by atoms with Crippen LogP contribution in [0.2, 0.25) is 18.1 Å². The lowest BCUT2D eigenvalue weighted by molar-refractivity contribution is -0.138. The van der Waals surface area contributed by atoms with Gasteiger partial charge in [-0.3, -0.25) is 0 Å². The Morgan fingerprint density at radius 1 is 1.00 bits per heavy atom. The first-order valence-corrected chi connectivity index (χ1v) is 13.1. The van der Waals surface area contributed by atoms with Gasteiger partial charge in [-0.2, -0.15) is 0 Å². The van der Waals surface area contributed by atoms with E-state index in [0.29, 0.717) is 0 Å². The number of hydrogen-bond donors (Lipinski definition) is 0. The van der Waals surface area contributed by atoms with Gasteiger partial charge in [-0.25, -0.2) is 9.59 Å². The quantitative estimate of drug-likeness (QED) is 0.138. The molecule has 0 aliphatic carbocycles. The van der Waals surface area contributed by atoms with E-state index in [9.17, 15) is 9.59 Å². The molecular formula is C22H40O5Si. The molecule has 0 N–H and O–H groups in total. The summed E-state index contributed by atoms with van der Waals surface area (Å²) in [5, 5.41) is 0.0916. The fraction of sp³-hybridized carbons (Fsp3) is 0.727. The third-order valence-corrected chi connectivity index (χ3v) is 9.73. The van der Waals surface area contributed by atoms with Crippen LogP contribution in [0.1, 0.15) is 66.2 Å². The summed E-state index contributed by atoms with van der Waals surface area (Å²) in [7, 11) is 0.597. The molecule has 0 heterocycles. The average Bonchev–Trinajstić information content (AvgIpc) is 2.62. The van der Waals surface area contributed by atoms with E-state index < -0.39 is 20.3 Å². The lowest BCUT2D eigenvalue weighted by Gasteiger charge is -2.38. The Bertz CT molecular complexity index is 544. The monoisotopic (exact) mass is 412 g/mol. The summed E-state index contributed by atoms with van der Waals surface area (Å²) in [6, 6.07) is 0. The van der Waals surface area contributed by atoms with Crippen molar-refractivity contribution in [2.24, 2.45) is 0 Å². The molecule has 0 saturated carbocycles. The Hall–Kier alpha value is -1.40. The van der Waals surface area contributed by atoms with Crippen molar-refractivity contribution in [3.8, 4) is 0 Å². The molecule has 0 aliphatic rings. The standard InChI is InChI=1S/C22H40O5Si/c1-9-10-11-12-13-14-19(27-28(7,8)22(2,3)4)16-15-18(21(24)26-6)17-20(23)25-5/h15-17,19H,9-14H2,1-8H3/t19-/m0/s1. The zero-order valence-corrected chi connectivity index (χ0v) is 20.1. The van der Waals surface area contributed by atoms with Gasteiger partial charge in [-0.1, -0.05) is 65.9 Å². The van der Waals surface area contributed by atoms with Gasteiger partial charge in [0.25, 0.3) is 0 Å². The Kier molecular flexibility index (Phi) is 12.3. The van der Waals surface area contributed by atoms with E-state index in [1.165, 1.54) is 39.9 Å². The Morgan fingerprint density at radius 2 is 1.61 bits per heavy atom. The second-order valence-corrected chi connectivity index (χ2v) is 13.3. The van der Waals surface area contributed by atoms with E-state index in [2.05, 4.69) is 45.5 Å². The molecule has 28 heavy (non-hydrogen) atoms. The molecule has 0 spiro atoms. The van der Waals surface area contributed by atoms with E-state index in [-0.39, 0.29) is 16.7 Å². The molecule has 0 unspecified atom stereocenters. The lowest BCUT2D eigenvalue weighted by atomic mass is 10.1. The molecule has 0 aliphatic heterocycles. The maximum atomic E-state index is 12.0. The normalized spacial score (nSPS) is 14.2. The first kappa shape index (κ1) is 26.6. The predicted molar refractivity (Wildman–Crippen MR) is 117 cm³/mol. The second-order valence-electron chi connectivity index (χ2n) is 8.59. The van der Waals surface area contributed by atoms with Crippen LogP contribution in [0.25, 0.3) is 0 Å². The minimum Gasteiger partial charge on any atom is -0.466 e. The van der Waals surface area contributed by atoms with Crippen molar-refractivity contribution in [3.05, 3.63) is 23.8 Å². The third-order valence-electron chi connectivity index (χ3n) is 5.23. The topological polar surface area (TPSA) is 61.8 Å². The summed E-state index contributed by atoms with van der Waals surface area (Å²) in [5.74, 6) is -1.16. The van der Waals surface area contributed by atoms with E-state index >= 15 is 0 Å². The molecule has 0 rings (SSSR count). The molecule has 0 fully saturated rings. The zero-order valence-electron chi connectivity index (χ0n) is 19.1. The molecule has 0 radical (unpaired) electrons. The molecule has 0 bridgehead atoms.